The molecule has 1 saturated carbocycles. The molecule has 3 N–H and O–H groups in total. The Morgan fingerprint density at radius 1 is 1.47 bits per heavy atom. The van der Waals surface area contributed by atoms with Crippen LogP contribution in [0.15, 0.2) is 24.3 Å². The molecule has 1 heterocycles. The summed E-state index contributed by atoms with van der Waals surface area (Å²) in [7, 11) is 1.95. The van der Waals surface area contributed by atoms with Gasteiger partial charge in [-0.25, -0.2) is 0 Å². The van der Waals surface area contributed by atoms with Crippen LogP contribution in [-0.4, -0.2) is 27.5 Å². The van der Waals surface area contributed by atoms with E-state index in [9.17, 15) is 5.11 Å². The van der Waals surface area contributed by atoms with Crippen molar-refractivity contribution in [3.05, 3.63) is 30.0 Å². The van der Waals surface area contributed by atoms with Gasteiger partial charge in [-0.2, -0.15) is 5.10 Å². The van der Waals surface area contributed by atoms with E-state index in [-0.39, 0.29) is 11.5 Å². The second-order valence-corrected chi connectivity index (χ2v) is 5.04. The van der Waals surface area contributed by atoms with Crippen LogP contribution in [0.4, 0.5) is 0 Å². The normalized spacial score (nSPS) is 28.3. The molecule has 4 nitrogen and oxygen atoms in total. The third-order valence-corrected chi connectivity index (χ3v) is 3.90. The second-order valence-electron chi connectivity index (χ2n) is 5.04. The lowest BCUT2D eigenvalue weighted by atomic mass is 9.64. The number of rotatable bonds is 2. The summed E-state index contributed by atoms with van der Waals surface area (Å²) in [5, 5.41) is 15.3. The SMILES string of the molecule is Cn1nc(C2(CN)CC(O)C2)c2ccccc21. The Morgan fingerprint density at radius 2 is 2.18 bits per heavy atom. The molecule has 1 aliphatic rings. The third-order valence-electron chi connectivity index (χ3n) is 3.90. The van der Waals surface area contributed by atoms with Crippen molar-refractivity contribution in [1.29, 1.82) is 0 Å². The lowest BCUT2D eigenvalue weighted by molar-refractivity contribution is 0.0205. The number of aliphatic hydroxyl groups excluding tert-OH is 1. The van der Waals surface area contributed by atoms with E-state index in [2.05, 4.69) is 17.2 Å². The number of fused-ring (bicyclic) bond motifs is 1. The van der Waals surface area contributed by atoms with Gasteiger partial charge in [0, 0.05) is 24.4 Å². The van der Waals surface area contributed by atoms with E-state index in [1.54, 1.807) is 0 Å². The molecule has 1 aliphatic carbocycles. The summed E-state index contributed by atoms with van der Waals surface area (Å²) in [5.41, 5.74) is 7.95. The van der Waals surface area contributed by atoms with E-state index in [0.717, 1.165) is 29.4 Å². The van der Waals surface area contributed by atoms with Crippen LogP contribution in [-0.2, 0) is 12.5 Å². The Balaban J connectivity index is 2.17. The molecule has 0 unspecified atom stereocenters. The molecule has 0 amide bonds. The summed E-state index contributed by atoms with van der Waals surface area (Å²) in [6.45, 7) is 0.547. The molecule has 1 aromatic heterocycles. The third kappa shape index (κ3) is 1.41. The van der Waals surface area contributed by atoms with Gasteiger partial charge >= 0.3 is 0 Å². The summed E-state index contributed by atoms with van der Waals surface area (Å²) in [6, 6.07) is 8.18. The van der Waals surface area contributed by atoms with E-state index in [4.69, 9.17) is 5.73 Å². The van der Waals surface area contributed by atoms with Crippen molar-refractivity contribution in [3.63, 3.8) is 0 Å². The average Bonchev–Trinajstić information content (AvgIpc) is 2.64. The number of nitrogens with two attached hydrogens (primary N) is 1. The number of hydrogen-bond acceptors (Lipinski definition) is 3. The summed E-state index contributed by atoms with van der Waals surface area (Å²) >= 11 is 0. The Kier molecular flexibility index (Phi) is 2.24. The van der Waals surface area contributed by atoms with Crippen LogP contribution >= 0.6 is 0 Å². The van der Waals surface area contributed by atoms with Gasteiger partial charge in [-0.1, -0.05) is 18.2 Å². The first-order valence-electron chi connectivity index (χ1n) is 5.97. The van der Waals surface area contributed by atoms with Crippen LogP contribution in [0.1, 0.15) is 18.5 Å². The van der Waals surface area contributed by atoms with Gasteiger partial charge in [-0.15, -0.1) is 0 Å². The van der Waals surface area contributed by atoms with Gasteiger partial charge in [-0.05, 0) is 18.9 Å². The molecule has 2 aromatic rings. The minimum absolute atomic E-state index is 0.125. The number of nitrogens with zero attached hydrogens (tertiary/aromatic N) is 2. The van der Waals surface area contributed by atoms with Crippen LogP contribution in [0.3, 0.4) is 0 Å². The van der Waals surface area contributed by atoms with Gasteiger partial charge in [0.05, 0.1) is 17.3 Å². The first-order chi connectivity index (χ1) is 8.16. The van der Waals surface area contributed by atoms with Crippen molar-refractivity contribution in [3.8, 4) is 0 Å². The molecule has 0 saturated heterocycles. The molecular formula is C13H17N3O. The number of aryl methyl sites for hydroxylation is 1. The molecule has 90 valence electrons. The van der Waals surface area contributed by atoms with Crippen molar-refractivity contribution in [2.75, 3.05) is 6.54 Å². The summed E-state index contributed by atoms with van der Waals surface area (Å²) in [5.74, 6) is 0. The topological polar surface area (TPSA) is 64.1 Å². The monoisotopic (exact) mass is 231 g/mol. The van der Waals surface area contributed by atoms with Gasteiger partial charge in [0.2, 0.25) is 0 Å². The Labute approximate surface area is 100 Å². The van der Waals surface area contributed by atoms with Gasteiger partial charge in [0.1, 0.15) is 0 Å². The first kappa shape index (κ1) is 10.7. The zero-order valence-electron chi connectivity index (χ0n) is 9.93. The van der Waals surface area contributed by atoms with Gasteiger partial charge in [-0.3, -0.25) is 4.68 Å². The van der Waals surface area contributed by atoms with Crippen LogP contribution in [0, 0.1) is 0 Å². The number of hydrogen-bond donors (Lipinski definition) is 2. The zero-order valence-corrected chi connectivity index (χ0v) is 9.93. The molecular weight excluding hydrogens is 214 g/mol. The Hall–Kier alpha value is -1.39. The van der Waals surface area contributed by atoms with Crippen molar-refractivity contribution in [2.24, 2.45) is 12.8 Å². The van der Waals surface area contributed by atoms with Crippen molar-refractivity contribution in [2.45, 2.75) is 24.4 Å². The highest BCUT2D eigenvalue weighted by molar-refractivity contribution is 5.83. The molecule has 0 aliphatic heterocycles. The highest BCUT2D eigenvalue weighted by Gasteiger charge is 2.46. The van der Waals surface area contributed by atoms with Gasteiger partial charge in [0.25, 0.3) is 0 Å². The molecule has 17 heavy (non-hydrogen) atoms. The molecule has 0 spiro atoms. The van der Waals surface area contributed by atoms with Crippen LogP contribution < -0.4 is 5.73 Å². The summed E-state index contributed by atoms with van der Waals surface area (Å²) in [6.07, 6.45) is 1.23. The quantitative estimate of drug-likeness (QED) is 0.808. The largest absolute Gasteiger partial charge is 0.393 e. The Morgan fingerprint density at radius 3 is 2.82 bits per heavy atom. The molecule has 0 radical (unpaired) electrons. The van der Waals surface area contributed by atoms with Crippen LogP contribution in [0.25, 0.3) is 10.9 Å². The van der Waals surface area contributed by atoms with E-state index >= 15 is 0 Å². The second kappa shape index (κ2) is 3.55. The average molecular weight is 231 g/mol. The van der Waals surface area contributed by atoms with Crippen molar-refractivity contribution >= 4 is 10.9 Å². The number of benzene rings is 1. The van der Waals surface area contributed by atoms with Gasteiger partial charge in [0.15, 0.2) is 0 Å². The van der Waals surface area contributed by atoms with E-state index < -0.39 is 0 Å². The maximum atomic E-state index is 9.56. The van der Waals surface area contributed by atoms with Crippen molar-refractivity contribution < 1.29 is 5.11 Å². The Bertz CT molecular complexity index is 555. The molecule has 3 rings (SSSR count). The number of aromatic nitrogens is 2. The minimum Gasteiger partial charge on any atom is -0.393 e. The minimum atomic E-state index is -0.223. The molecule has 0 atom stereocenters. The number of para-hydroxylation sites is 1. The summed E-state index contributed by atoms with van der Waals surface area (Å²) in [4.78, 5) is 0. The van der Waals surface area contributed by atoms with E-state index in [1.807, 2.05) is 23.9 Å². The molecule has 1 fully saturated rings. The molecule has 4 heteroatoms. The maximum absolute atomic E-state index is 9.56. The lowest BCUT2D eigenvalue weighted by Crippen LogP contribution is -2.50. The first-order valence-corrected chi connectivity index (χ1v) is 5.97. The van der Waals surface area contributed by atoms with E-state index in [0.29, 0.717) is 6.54 Å². The predicted octanol–water partition coefficient (Wildman–Crippen LogP) is 0.924. The van der Waals surface area contributed by atoms with Crippen LogP contribution in [0.5, 0.6) is 0 Å². The molecule has 1 aromatic carbocycles. The highest BCUT2D eigenvalue weighted by Crippen LogP contribution is 2.44. The van der Waals surface area contributed by atoms with Crippen LogP contribution in [0.2, 0.25) is 0 Å². The smallest absolute Gasteiger partial charge is 0.0779 e. The fourth-order valence-corrected chi connectivity index (χ4v) is 2.90. The lowest BCUT2D eigenvalue weighted by Gasteiger charge is -2.43. The highest BCUT2D eigenvalue weighted by atomic mass is 16.3. The summed E-state index contributed by atoms with van der Waals surface area (Å²) < 4.78 is 1.90. The maximum Gasteiger partial charge on any atom is 0.0779 e. The predicted molar refractivity (Wildman–Crippen MR) is 66.7 cm³/mol. The van der Waals surface area contributed by atoms with E-state index in [1.165, 1.54) is 0 Å². The zero-order chi connectivity index (χ0) is 12.0. The fourth-order valence-electron chi connectivity index (χ4n) is 2.90. The van der Waals surface area contributed by atoms with Gasteiger partial charge < -0.3 is 10.8 Å². The molecule has 0 bridgehead atoms. The van der Waals surface area contributed by atoms with Crippen molar-refractivity contribution in [1.82, 2.24) is 9.78 Å². The number of aliphatic hydroxyl groups is 1. The fraction of sp³-hybridized carbons (Fsp3) is 0.462. The standard InChI is InChI=1S/C13H17N3O/c1-16-11-5-3-2-4-10(11)12(15-16)13(8-14)6-9(17)7-13/h2-5,9,17H,6-8,14H2,1H3.